The maximum absolute atomic E-state index is 12.3. The Balaban J connectivity index is 1.78. The lowest BCUT2D eigenvalue weighted by Crippen LogP contribution is -2.49. The predicted octanol–water partition coefficient (Wildman–Crippen LogP) is 1.90. The molecule has 0 spiro atoms. The van der Waals surface area contributed by atoms with E-state index in [1.165, 1.54) is 44.9 Å². The monoisotopic (exact) mass is 281 g/mol. The number of hydrogen-bond donors (Lipinski definition) is 2. The normalized spacial score (nSPS) is 22.1. The van der Waals surface area contributed by atoms with E-state index in [0.29, 0.717) is 18.6 Å². The van der Waals surface area contributed by atoms with Crippen molar-refractivity contribution in [1.82, 2.24) is 15.5 Å². The third kappa shape index (κ3) is 5.06. The van der Waals surface area contributed by atoms with Crippen molar-refractivity contribution in [3.8, 4) is 0 Å². The fourth-order valence-corrected chi connectivity index (χ4v) is 3.55. The molecule has 2 rings (SSSR count). The fourth-order valence-electron chi connectivity index (χ4n) is 3.55. The van der Waals surface area contributed by atoms with Crippen molar-refractivity contribution in [3.63, 3.8) is 0 Å². The number of nitrogens with zero attached hydrogens (tertiary/aromatic N) is 1. The van der Waals surface area contributed by atoms with Crippen molar-refractivity contribution < 1.29 is 4.79 Å². The zero-order valence-electron chi connectivity index (χ0n) is 13.0. The number of carbonyl (C=O) groups excluding carboxylic acids is 1. The second-order valence-corrected chi connectivity index (χ2v) is 6.35. The number of nitrogens with one attached hydrogen (secondary N) is 2. The summed E-state index contributed by atoms with van der Waals surface area (Å²) in [6, 6.07) is 1.03. The molecule has 0 bridgehead atoms. The number of amides is 1. The minimum atomic E-state index is 0.240. The average molecular weight is 281 g/mol. The molecule has 0 aromatic carbocycles. The first-order valence-corrected chi connectivity index (χ1v) is 8.53. The average Bonchev–Trinajstić information content (AvgIpc) is 2.49. The van der Waals surface area contributed by atoms with Crippen molar-refractivity contribution in [2.75, 3.05) is 26.2 Å². The lowest BCUT2D eigenvalue weighted by molar-refractivity contribution is -0.123. The van der Waals surface area contributed by atoms with Gasteiger partial charge < -0.3 is 10.6 Å². The van der Waals surface area contributed by atoms with Crippen molar-refractivity contribution in [2.45, 2.75) is 70.4 Å². The fraction of sp³-hybridized carbons (Fsp3) is 0.938. The third-order valence-corrected chi connectivity index (χ3v) is 4.65. The van der Waals surface area contributed by atoms with Crippen LogP contribution >= 0.6 is 0 Å². The minimum Gasteiger partial charge on any atom is -0.352 e. The highest BCUT2D eigenvalue weighted by Crippen LogP contribution is 2.17. The smallest absolute Gasteiger partial charge is 0.234 e. The molecule has 116 valence electrons. The second kappa shape index (κ2) is 8.63. The predicted molar refractivity (Wildman–Crippen MR) is 82.8 cm³/mol. The van der Waals surface area contributed by atoms with Gasteiger partial charge in [0.25, 0.3) is 0 Å². The highest BCUT2D eigenvalue weighted by molar-refractivity contribution is 5.78. The highest BCUT2D eigenvalue weighted by atomic mass is 16.2. The van der Waals surface area contributed by atoms with Crippen LogP contribution in [0.5, 0.6) is 0 Å². The van der Waals surface area contributed by atoms with Crippen LogP contribution in [0.25, 0.3) is 0 Å². The Morgan fingerprint density at radius 1 is 1.15 bits per heavy atom. The zero-order chi connectivity index (χ0) is 14.2. The van der Waals surface area contributed by atoms with Crippen LogP contribution in [0.3, 0.4) is 0 Å². The van der Waals surface area contributed by atoms with E-state index in [0.717, 1.165) is 26.1 Å². The first-order chi connectivity index (χ1) is 9.79. The van der Waals surface area contributed by atoms with Crippen LogP contribution in [0.1, 0.15) is 58.3 Å². The zero-order valence-corrected chi connectivity index (χ0v) is 13.0. The summed E-state index contributed by atoms with van der Waals surface area (Å²) in [7, 11) is 0. The molecule has 0 unspecified atom stereocenters. The molecule has 1 heterocycles. The molecule has 1 aliphatic heterocycles. The quantitative estimate of drug-likeness (QED) is 0.781. The summed E-state index contributed by atoms with van der Waals surface area (Å²) in [4.78, 5) is 14.7. The largest absolute Gasteiger partial charge is 0.352 e. The number of rotatable bonds is 6. The SMILES string of the molecule is CCCN(CC(=O)NC1CCCCC1)C1CCNCC1. The van der Waals surface area contributed by atoms with Gasteiger partial charge in [-0.15, -0.1) is 0 Å². The molecular weight excluding hydrogens is 250 g/mol. The lowest BCUT2D eigenvalue weighted by Gasteiger charge is -2.34. The maximum Gasteiger partial charge on any atom is 0.234 e. The van der Waals surface area contributed by atoms with E-state index in [-0.39, 0.29) is 5.91 Å². The molecule has 0 aromatic rings. The van der Waals surface area contributed by atoms with Crippen LogP contribution in [0.4, 0.5) is 0 Å². The van der Waals surface area contributed by atoms with Gasteiger partial charge in [0.05, 0.1) is 6.54 Å². The summed E-state index contributed by atoms with van der Waals surface area (Å²) >= 11 is 0. The molecule has 20 heavy (non-hydrogen) atoms. The van der Waals surface area contributed by atoms with Crippen LogP contribution < -0.4 is 10.6 Å². The summed E-state index contributed by atoms with van der Waals surface area (Å²) < 4.78 is 0. The van der Waals surface area contributed by atoms with Crippen molar-refractivity contribution in [1.29, 1.82) is 0 Å². The molecule has 2 fully saturated rings. The summed E-state index contributed by atoms with van der Waals surface area (Å²) in [5.74, 6) is 0.240. The van der Waals surface area contributed by atoms with E-state index in [2.05, 4.69) is 22.5 Å². The summed E-state index contributed by atoms with van der Waals surface area (Å²) in [5, 5.41) is 6.65. The molecule has 1 amide bonds. The van der Waals surface area contributed by atoms with Crippen LogP contribution in [-0.2, 0) is 4.79 Å². The Bertz CT molecular complexity index is 283. The van der Waals surface area contributed by atoms with Crippen LogP contribution in [0, 0.1) is 0 Å². The van der Waals surface area contributed by atoms with Gasteiger partial charge in [0.2, 0.25) is 5.91 Å². The van der Waals surface area contributed by atoms with Gasteiger partial charge in [0, 0.05) is 12.1 Å². The molecular formula is C16H31N3O. The van der Waals surface area contributed by atoms with Gasteiger partial charge in [0.1, 0.15) is 0 Å². The van der Waals surface area contributed by atoms with Gasteiger partial charge in [-0.1, -0.05) is 26.2 Å². The molecule has 4 nitrogen and oxygen atoms in total. The number of carbonyl (C=O) groups is 1. The first-order valence-electron chi connectivity index (χ1n) is 8.53. The van der Waals surface area contributed by atoms with Gasteiger partial charge >= 0.3 is 0 Å². The van der Waals surface area contributed by atoms with Gasteiger partial charge in [0.15, 0.2) is 0 Å². The molecule has 1 saturated heterocycles. The molecule has 0 aromatic heterocycles. The van der Waals surface area contributed by atoms with Crippen LogP contribution in [-0.4, -0.2) is 49.1 Å². The van der Waals surface area contributed by atoms with E-state index in [1.807, 2.05) is 0 Å². The molecule has 4 heteroatoms. The van der Waals surface area contributed by atoms with E-state index in [9.17, 15) is 4.79 Å². The second-order valence-electron chi connectivity index (χ2n) is 6.35. The topological polar surface area (TPSA) is 44.4 Å². The van der Waals surface area contributed by atoms with Crippen LogP contribution in [0.15, 0.2) is 0 Å². The molecule has 0 radical (unpaired) electrons. The van der Waals surface area contributed by atoms with E-state index in [4.69, 9.17) is 0 Å². The Labute approximate surface area is 123 Å². The van der Waals surface area contributed by atoms with Gasteiger partial charge in [-0.05, 0) is 51.7 Å². The lowest BCUT2D eigenvalue weighted by atomic mass is 9.95. The van der Waals surface area contributed by atoms with E-state index in [1.54, 1.807) is 0 Å². The van der Waals surface area contributed by atoms with Crippen LogP contribution in [0.2, 0.25) is 0 Å². The molecule has 0 atom stereocenters. The minimum absolute atomic E-state index is 0.240. The summed E-state index contributed by atoms with van der Waals surface area (Å²) in [6.45, 7) is 6.02. The molecule has 1 saturated carbocycles. The highest BCUT2D eigenvalue weighted by Gasteiger charge is 2.23. The van der Waals surface area contributed by atoms with Crippen molar-refractivity contribution in [2.24, 2.45) is 0 Å². The summed E-state index contributed by atoms with van der Waals surface area (Å²) in [6.07, 6.45) is 9.72. The van der Waals surface area contributed by atoms with E-state index >= 15 is 0 Å². The third-order valence-electron chi connectivity index (χ3n) is 4.65. The Morgan fingerprint density at radius 3 is 2.50 bits per heavy atom. The van der Waals surface area contributed by atoms with Gasteiger partial charge in [-0.3, -0.25) is 9.69 Å². The van der Waals surface area contributed by atoms with Crippen molar-refractivity contribution >= 4 is 5.91 Å². The van der Waals surface area contributed by atoms with E-state index < -0.39 is 0 Å². The first kappa shape index (κ1) is 15.8. The molecule has 1 aliphatic carbocycles. The number of piperidine rings is 1. The Kier molecular flexibility index (Phi) is 6.80. The molecule has 2 N–H and O–H groups in total. The standard InChI is InChI=1S/C16H31N3O/c1-2-12-19(15-8-10-17-11-9-15)13-16(20)18-14-6-4-3-5-7-14/h14-15,17H,2-13H2,1H3,(H,18,20). The maximum atomic E-state index is 12.3. The Morgan fingerprint density at radius 2 is 1.85 bits per heavy atom. The number of hydrogen-bond acceptors (Lipinski definition) is 3. The molecule has 2 aliphatic rings. The van der Waals surface area contributed by atoms with Crippen molar-refractivity contribution in [3.05, 3.63) is 0 Å². The van der Waals surface area contributed by atoms with Gasteiger partial charge in [-0.25, -0.2) is 0 Å². The van der Waals surface area contributed by atoms with Gasteiger partial charge in [-0.2, -0.15) is 0 Å². The Hall–Kier alpha value is -0.610. The summed E-state index contributed by atoms with van der Waals surface area (Å²) in [5.41, 5.74) is 0.